The Hall–Kier alpha value is -2.00. The molecule has 0 radical (unpaired) electrons. The molecular formula is C11H12N4O. The monoisotopic (exact) mass is 216 g/mol. The van der Waals surface area contributed by atoms with Gasteiger partial charge in [-0.3, -0.25) is 4.79 Å². The number of para-hydroxylation sites is 1. The van der Waals surface area contributed by atoms with E-state index in [0.29, 0.717) is 13.0 Å². The van der Waals surface area contributed by atoms with E-state index in [0.717, 1.165) is 11.3 Å². The Bertz CT molecular complexity index is 436. The summed E-state index contributed by atoms with van der Waals surface area (Å²) >= 11 is 0. The fourth-order valence-corrected chi connectivity index (χ4v) is 2.05. The Labute approximate surface area is 93.3 Å². The summed E-state index contributed by atoms with van der Waals surface area (Å²) in [6, 6.07) is 7.41. The number of carbonyl (C=O) groups excluding carboxylic acids is 1. The van der Waals surface area contributed by atoms with E-state index in [1.807, 2.05) is 24.3 Å². The fourth-order valence-electron chi connectivity index (χ4n) is 2.05. The van der Waals surface area contributed by atoms with Gasteiger partial charge in [-0.05, 0) is 23.6 Å². The van der Waals surface area contributed by atoms with E-state index < -0.39 is 0 Å². The molecule has 0 saturated carbocycles. The van der Waals surface area contributed by atoms with Gasteiger partial charge in [0.2, 0.25) is 5.91 Å². The molecule has 82 valence electrons. The van der Waals surface area contributed by atoms with E-state index in [1.54, 1.807) is 11.8 Å². The van der Waals surface area contributed by atoms with E-state index in [2.05, 4.69) is 10.0 Å². The quantitative estimate of drug-likeness (QED) is 0.404. The minimum Gasteiger partial charge on any atom is -0.312 e. The van der Waals surface area contributed by atoms with Crippen molar-refractivity contribution in [1.82, 2.24) is 0 Å². The first kappa shape index (κ1) is 10.5. The highest BCUT2D eigenvalue weighted by atomic mass is 16.2. The summed E-state index contributed by atoms with van der Waals surface area (Å²) in [5.41, 5.74) is 10.3. The highest BCUT2D eigenvalue weighted by Crippen LogP contribution is 2.35. The molecule has 0 fully saturated rings. The fraction of sp³-hybridized carbons (Fsp3) is 0.364. The molecule has 1 atom stereocenters. The van der Waals surface area contributed by atoms with Crippen LogP contribution >= 0.6 is 0 Å². The van der Waals surface area contributed by atoms with Crippen LogP contribution in [0.5, 0.6) is 0 Å². The summed E-state index contributed by atoms with van der Waals surface area (Å²) in [4.78, 5) is 16.0. The summed E-state index contributed by atoms with van der Waals surface area (Å²) in [6.45, 7) is 2.15. The van der Waals surface area contributed by atoms with Crippen molar-refractivity contribution in [3.05, 3.63) is 40.3 Å². The topological polar surface area (TPSA) is 69.1 Å². The van der Waals surface area contributed by atoms with Crippen molar-refractivity contribution < 1.29 is 4.79 Å². The lowest BCUT2D eigenvalue weighted by Gasteiger charge is -2.31. The lowest BCUT2D eigenvalue weighted by atomic mass is 9.97. The van der Waals surface area contributed by atoms with Crippen LogP contribution in [-0.4, -0.2) is 12.5 Å². The van der Waals surface area contributed by atoms with Gasteiger partial charge in [0, 0.05) is 24.1 Å². The average Bonchev–Trinajstić information content (AvgIpc) is 2.29. The van der Waals surface area contributed by atoms with Gasteiger partial charge in [-0.2, -0.15) is 0 Å². The molecule has 1 unspecified atom stereocenters. The van der Waals surface area contributed by atoms with Crippen LogP contribution in [0.3, 0.4) is 0 Å². The Morgan fingerprint density at radius 3 is 3.00 bits per heavy atom. The number of carbonyl (C=O) groups is 1. The van der Waals surface area contributed by atoms with Crippen molar-refractivity contribution in [3.8, 4) is 0 Å². The SMILES string of the molecule is CC(=O)N1CCC(N=[N+]=[N-])c2ccccc21. The first-order valence-corrected chi connectivity index (χ1v) is 5.15. The number of anilines is 1. The second kappa shape index (κ2) is 4.24. The third kappa shape index (κ3) is 1.73. The molecule has 1 aromatic carbocycles. The van der Waals surface area contributed by atoms with Crippen molar-refractivity contribution in [2.75, 3.05) is 11.4 Å². The number of rotatable bonds is 1. The number of hydrogen-bond donors (Lipinski definition) is 0. The molecule has 2 rings (SSSR count). The van der Waals surface area contributed by atoms with Gasteiger partial charge in [-0.1, -0.05) is 23.3 Å². The maximum absolute atomic E-state index is 11.4. The summed E-state index contributed by atoms with van der Waals surface area (Å²) in [6.07, 6.45) is 0.681. The summed E-state index contributed by atoms with van der Waals surface area (Å²) < 4.78 is 0. The maximum Gasteiger partial charge on any atom is 0.223 e. The number of amides is 1. The van der Waals surface area contributed by atoms with Crippen molar-refractivity contribution in [3.63, 3.8) is 0 Å². The van der Waals surface area contributed by atoms with Gasteiger partial charge in [0.05, 0.1) is 6.04 Å². The molecule has 16 heavy (non-hydrogen) atoms. The molecule has 1 heterocycles. The van der Waals surface area contributed by atoms with Crippen LogP contribution in [0.1, 0.15) is 24.9 Å². The minimum atomic E-state index is -0.156. The third-order valence-corrected chi connectivity index (χ3v) is 2.78. The lowest BCUT2D eigenvalue weighted by Crippen LogP contribution is -2.34. The molecule has 0 aromatic heterocycles. The zero-order valence-corrected chi connectivity index (χ0v) is 9.00. The van der Waals surface area contributed by atoms with Crippen LogP contribution in [-0.2, 0) is 4.79 Å². The van der Waals surface area contributed by atoms with Gasteiger partial charge in [0.1, 0.15) is 0 Å². The number of fused-ring (bicyclic) bond motifs is 1. The average molecular weight is 216 g/mol. The number of benzene rings is 1. The molecular weight excluding hydrogens is 204 g/mol. The van der Waals surface area contributed by atoms with Gasteiger partial charge in [0.25, 0.3) is 0 Å². The van der Waals surface area contributed by atoms with Crippen LogP contribution in [0.4, 0.5) is 5.69 Å². The predicted octanol–water partition coefficient (Wildman–Crippen LogP) is 2.79. The molecule has 1 aromatic rings. The normalized spacial score (nSPS) is 18.6. The number of nitrogens with zero attached hydrogens (tertiary/aromatic N) is 4. The molecule has 1 aliphatic rings. The van der Waals surface area contributed by atoms with E-state index in [-0.39, 0.29) is 11.9 Å². The highest BCUT2D eigenvalue weighted by Gasteiger charge is 2.25. The summed E-state index contributed by atoms with van der Waals surface area (Å²) in [5.74, 6) is 0.0202. The predicted molar refractivity (Wildman–Crippen MR) is 61.0 cm³/mol. The Balaban J connectivity index is 2.47. The Morgan fingerprint density at radius 1 is 1.56 bits per heavy atom. The van der Waals surface area contributed by atoms with Crippen molar-refractivity contribution in [2.45, 2.75) is 19.4 Å². The molecule has 0 N–H and O–H groups in total. The molecule has 1 aliphatic heterocycles. The van der Waals surface area contributed by atoms with Crippen LogP contribution in [0.25, 0.3) is 10.4 Å². The second-order valence-corrected chi connectivity index (χ2v) is 3.74. The van der Waals surface area contributed by atoms with E-state index in [9.17, 15) is 4.79 Å². The molecule has 0 aliphatic carbocycles. The largest absolute Gasteiger partial charge is 0.312 e. The first-order valence-electron chi connectivity index (χ1n) is 5.15. The lowest BCUT2D eigenvalue weighted by molar-refractivity contribution is -0.116. The summed E-state index contributed by atoms with van der Waals surface area (Å²) in [5, 5.41) is 3.76. The van der Waals surface area contributed by atoms with Gasteiger partial charge in [0.15, 0.2) is 0 Å². The van der Waals surface area contributed by atoms with Gasteiger partial charge >= 0.3 is 0 Å². The number of azide groups is 1. The minimum absolute atomic E-state index is 0.0202. The van der Waals surface area contributed by atoms with E-state index >= 15 is 0 Å². The van der Waals surface area contributed by atoms with Crippen molar-refractivity contribution >= 4 is 11.6 Å². The van der Waals surface area contributed by atoms with Crippen LogP contribution in [0, 0.1) is 0 Å². The number of hydrogen-bond acceptors (Lipinski definition) is 2. The van der Waals surface area contributed by atoms with E-state index in [4.69, 9.17) is 5.53 Å². The Morgan fingerprint density at radius 2 is 2.31 bits per heavy atom. The smallest absolute Gasteiger partial charge is 0.223 e. The van der Waals surface area contributed by atoms with Crippen molar-refractivity contribution in [1.29, 1.82) is 0 Å². The molecule has 0 spiro atoms. The standard InChI is InChI=1S/C11H12N4O/c1-8(16)15-7-6-10(13-14-12)9-4-2-3-5-11(9)15/h2-5,10H,6-7H2,1H3. The zero-order chi connectivity index (χ0) is 11.5. The first-order chi connectivity index (χ1) is 7.74. The third-order valence-electron chi connectivity index (χ3n) is 2.78. The molecule has 5 nitrogen and oxygen atoms in total. The summed E-state index contributed by atoms with van der Waals surface area (Å²) in [7, 11) is 0. The molecule has 5 heteroatoms. The van der Waals surface area contributed by atoms with E-state index in [1.165, 1.54) is 0 Å². The van der Waals surface area contributed by atoms with Crippen LogP contribution in [0.15, 0.2) is 29.4 Å². The molecule has 0 bridgehead atoms. The highest BCUT2D eigenvalue weighted by molar-refractivity contribution is 5.92. The van der Waals surface area contributed by atoms with Gasteiger partial charge in [-0.25, -0.2) is 0 Å². The van der Waals surface area contributed by atoms with Crippen LogP contribution < -0.4 is 4.90 Å². The maximum atomic E-state index is 11.4. The second-order valence-electron chi connectivity index (χ2n) is 3.74. The van der Waals surface area contributed by atoms with Gasteiger partial charge < -0.3 is 4.90 Å². The molecule has 0 saturated heterocycles. The zero-order valence-electron chi connectivity index (χ0n) is 9.00. The Kier molecular flexibility index (Phi) is 2.79. The van der Waals surface area contributed by atoms with Crippen molar-refractivity contribution in [2.24, 2.45) is 5.11 Å². The van der Waals surface area contributed by atoms with Gasteiger partial charge in [-0.15, -0.1) is 0 Å². The molecule has 1 amide bonds. The van der Waals surface area contributed by atoms with Crippen LogP contribution in [0.2, 0.25) is 0 Å².